The molecule has 7 nitrogen and oxygen atoms in total. The topological polar surface area (TPSA) is 75.6 Å². The average molecular weight is 637 g/mol. The van der Waals surface area contributed by atoms with Crippen LogP contribution in [0.5, 0.6) is 0 Å². The van der Waals surface area contributed by atoms with Crippen molar-refractivity contribution < 1.29 is 14.3 Å². The number of carbonyl (C=O) groups is 2. The second-order valence-corrected chi connectivity index (χ2v) is 13.4. The largest absolute Gasteiger partial charge is 0.371 e. The SMILES string of the molecule is COC1C(=O)N(c2ccc(C#Cc3ccccc3)cn2)CC1(C)C.O=C1CC2(CCCC2)CN1c1ccc(C#Cc2ccccc2)cn1. The van der Waals surface area contributed by atoms with E-state index < -0.39 is 6.10 Å². The number of anilines is 2. The molecule has 0 bridgehead atoms. The summed E-state index contributed by atoms with van der Waals surface area (Å²) in [5.41, 5.74) is 3.60. The first-order valence-electron chi connectivity index (χ1n) is 16.5. The molecule has 4 heterocycles. The number of methoxy groups -OCH3 is 1. The highest BCUT2D eigenvalue weighted by Crippen LogP contribution is 2.46. The van der Waals surface area contributed by atoms with E-state index in [1.54, 1.807) is 24.4 Å². The van der Waals surface area contributed by atoms with Gasteiger partial charge >= 0.3 is 0 Å². The Morgan fingerprint density at radius 3 is 1.62 bits per heavy atom. The zero-order valence-corrected chi connectivity index (χ0v) is 27.8. The number of rotatable bonds is 3. The minimum absolute atomic E-state index is 0.0434. The highest BCUT2D eigenvalue weighted by Gasteiger charge is 2.47. The predicted octanol–water partition coefficient (Wildman–Crippen LogP) is 6.65. The van der Waals surface area contributed by atoms with Crippen LogP contribution in [0.3, 0.4) is 0 Å². The molecule has 242 valence electrons. The predicted molar refractivity (Wildman–Crippen MR) is 188 cm³/mol. The van der Waals surface area contributed by atoms with Gasteiger partial charge in [-0.05, 0) is 66.8 Å². The summed E-state index contributed by atoms with van der Waals surface area (Å²) in [5.74, 6) is 14.0. The molecule has 1 unspecified atom stereocenters. The third kappa shape index (κ3) is 7.49. The number of benzene rings is 2. The minimum Gasteiger partial charge on any atom is -0.371 e. The average Bonchev–Trinajstić information content (AvgIpc) is 3.78. The van der Waals surface area contributed by atoms with Gasteiger partial charge in [-0.15, -0.1) is 0 Å². The molecule has 3 aliphatic rings. The van der Waals surface area contributed by atoms with Gasteiger partial charge in [-0.25, -0.2) is 9.97 Å². The lowest BCUT2D eigenvalue weighted by Crippen LogP contribution is -2.33. The second-order valence-electron chi connectivity index (χ2n) is 13.4. The van der Waals surface area contributed by atoms with Crippen molar-refractivity contribution in [2.45, 2.75) is 52.1 Å². The van der Waals surface area contributed by atoms with E-state index >= 15 is 0 Å². The molecule has 7 rings (SSSR count). The van der Waals surface area contributed by atoms with E-state index in [0.717, 1.165) is 34.6 Å². The summed E-state index contributed by atoms with van der Waals surface area (Å²) in [6, 6.07) is 27.3. The fourth-order valence-electron chi connectivity index (χ4n) is 6.79. The number of pyridine rings is 2. The maximum Gasteiger partial charge on any atom is 0.257 e. The Bertz CT molecular complexity index is 1860. The van der Waals surface area contributed by atoms with E-state index in [1.165, 1.54) is 25.7 Å². The summed E-state index contributed by atoms with van der Waals surface area (Å²) < 4.78 is 5.36. The summed E-state index contributed by atoms with van der Waals surface area (Å²) in [6.07, 6.45) is 8.57. The molecule has 4 aromatic rings. The van der Waals surface area contributed by atoms with Crippen LogP contribution >= 0.6 is 0 Å². The lowest BCUT2D eigenvalue weighted by atomic mass is 9.85. The van der Waals surface area contributed by atoms with E-state index in [1.807, 2.05) is 104 Å². The van der Waals surface area contributed by atoms with Crippen molar-refractivity contribution in [1.29, 1.82) is 0 Å². The quantitative estimate of drug-likeness (QED) is 0.236. The number of ether oxygens (including phenoxy) is 1. The highest BCUT2D eigenvalue weighted by atomic mass is 16.5. The number of aromatic nitrogens is 2. The van der Waals surface area contributed by atoms with Crippen LogP contribution in [0.4, 0.5) is 11.6 Å². The zero-order chi connectivity index (χ0) is 33.6. The van der Waals surface area contributed by atoms with Gasteiger partial charge in [0.2, 0.25) is 5.91 Å². The minimum atomic E-state index is -0.433. The van der Waals surface area contributed by atoms with Gasteiger partial charge in [-0.1, -0.05) is 86.8 Å². The molecular weight excluding hydrogens is 596 g/mol. The first kappa shape index (κ1) is 32.7. The van der Waals surface area contributed by atoms with Gasteiger partial charge in [0.05, 0.1) is 0 Å². The molecule has 3 fully saturated rings. The molecule has 1 spiro atoms. The molecule has 2 saturated heterocycles. The number of carbonyl (C=O) groups excluding carboxylic acids is 2. The number of amides is 2. The van der Waals surface area contributed by atoms with Crippen molar-refractivity contribution in [2.75, 3.05) is 30.0 Å². The van der Waals surface area contributed by atoms with Gasteiger partial charge in [0.15, 0.2) is 0 Å². The molecule has 7 heteroatoms. The maximum absolute atomic E-state index is 12.5. The van der Waals surface area contributed by atoms with Crippen LogP contribution in [0.1, 0.15) is 68.2 Å². The van der Waals surface area contributed by atoms with Gasteiger partial charge in [0.1, 0.15) is 17.7 Å². The Hall–Kier alpha value is -5.24. The van der Waals surface area contributed by atoms with Gasteiger partial charge in [-0.3, -0.25) is 19.4 Å². The van der Waals surface area contributed by atoms with Crippen molar-refractivity contribution >= 4 is 23.5 Å². The third-order valence-electron chi connectivity index (χ3n) is 9.29. The van der Waals surface area contributed by atoms with E-state index in [2.05, 4.69) is 33.6 Å². The molecular formula is C41H40N4O3. The summed E-state index contributed by atoms with van der Waals surface area (Å²) in [6.45, 7) is 5.47. The molecule has 0 N–H and O–H groups in total. The summed E-state index contributed by atoms with van der Waals surface area (Å²) in [7, 11) is 1.57. The summed E-state index contributed by atoms with van der Waals surface area (Å²) >= 11 is 0. The van der Waals surface area contributed by atoms with Crippen LogP contribution < -0.4 is 9.80 Å². The summed E-state index contributed by atoms with van der Waals surface area (Å²) in [5, 5.41) is 0. The monoisotopic (exact) mass is 636 g/mol. The Kier molecular flexibility index (Phi) is 9.71. The number of hydrogen-bond acceptors (Lipinski definition) is 5. The van der Waals surface area contributed by atoms with Crippen LogP contribution in [0.15, 0.2) is 97.3 Å². The van der Waals surface area contributed by atoms with Crippen LogP contribution in [0.25, 0.3) is 0 Å². The Morgan fingerprint density at radius 2 is 1.17 bits per heavy atom. The Labute approximate surface area is 283 Å². The molecule has 1 saturated carbocycles. The third-order valence-corrected chi connectivity index (χ3v) is 9.29. The van der Waals surface area contributed by atoms with Gasteiger partial charge < -0.3 is 4.74 Å². The van der Waals surface area contributed by atoms with E-state index in [-0.39, 0.29) is 22.6 Å². The van der Waals surface area contributed by atoms with Gasteiger partial charge in [-0.2, -0.15) is 0 Å². The van der Waals surface area contributed by atoms with Crippen molar-refractivity contribution in [3.05, 3.63) is 120 Å². The first-order valence-corrected chi connectivity index (χ1v) is 16.5. The van der Waals surface area contributed by atoms with Gasteiger partial charge in [0, 0.05) is 66.7 Å². The highest BCUT2D eigenvalue weighted by molar-refractivity contribution is 5.99. The molecule has 2 aliphatic heterocycles. The molecule has 1 atom stereocenters. The van der Waals surface area contributed by atoms with Crippen molar-refractivity contribution in [3.8, 4) is 23.7 Å². The fourth-order valence-corrected chi connectivity index (χ4v) is 6.79. The summed E-state index contributed by atoms with van der Waals surface area (Å²) in [4.78, 5) is 37.3. The van der Waals surface area contributed by atoms with Crippen LogP contribution in [0, 0.1) is 34.5 Å². The molecule has 2 aromatic heterocycles. The molecule has 1 aliphatic carbocycles. The first-order chi connectivity index (χ1) is 23.2. The van der Waals surface area contributed by atoms with Crippen LogP contribution in [0.2, 0.25) is 0 Å². The molecule has 0 radical (unpaired) electrons. The molecule has 2 aromatic carbocycles. The fraction of sp³-hybridized carbons (Fsp3) is 0.317. The van der Waals surface area contributed by atoms with E-state index in [0.29, 0.717) is 18.8 Å². The van der Waals surface area contributed by atoms with Crippen molar-refractivity contribution in [2.24, 2.45) is 10.8 Å². The normalized spacial score (nSPS) is 18.9. The number of hydrogen-bond donors (Lipinski definition) is 0. The van der Waals surface area contributed by atoms with Crippen LogP contribution in [-0.2, 0) is 14.3 Å². The standard InChI is InChI=1S/C21H20N2O.C20H20N2O2/c24-20-14-21(12-4-5-13-21)16-23(20)19-11-10-18(15-22-19)9-8-17-6-2-1-3-7-17;1-20(2)14-22(19(23)18(20)24-3)17-12-11-16(13-21-17)10-9-15-7-5-4-6-8-15/h1-3,6-7,10-11,15H,4-5,12-14,16H2;4-8,11-13,18H,14H2,1-3H3. The van der Waals surface area contributed by atoms with E-state index in [9.17, 15) is 9.59 Å². The smallest absolute Gasteiger partial charge is 0.257 e. The maximum atomic E-state index is 12.5. The Morgan fingerprint density at radius 1 is 0.667 bits per heavy atom. The van der Waals surface area contributed by atoms with E-state index in [4.69, 9.17) is 4.74 Å². The number of nitrogens with zero attached hydrogens (tertiary/aromatic N) is 4. The molecule has 48 heavy (non-hydrogen) atoms. The van der Waals surface area contributed by atoms with Crippen LogP contribution in [-0.4, -0.2) is 48.1 Å². The van der Waals surface area contributed by atoms with Crippen molar-refractivity contribution in [1.82, 2.24) is 9.97 Å². The van der Waals surface area contributed by atoms with Crippen molar-refractivity contribution in [3.63, 3.8) is 0 Å². The second kappa shape index (κ2) is 14.3. The van der Waals surface area contributed by atoms with Gasteiger partial charge in [0.25, 0.3) is 5.91 Å². The molecule has 2 amide bonds. The lowest BCUT2D eigenvalue weighted by molar-refractivity contribution is -0.128. The Balaban J connectivity index is 0.000000167. The zero-order valence-electron chi connectivity index (χ0n) is 27.8. The lowest BCUT2D eigenvalue weighted by Gasteiger charge is -2.22.